The molecular formula is C20H15Cl3O4. The van der Waals surface area contributed by atoms with Gasteiger partial charge in [0.05, 0.1) is 5.92 Å². The maximum absolute atomic E-state index is 12.8. The van der Waals surface area contributed by atoms with Gasteiger partial charge in [-0.3, -0.25) is 4.79 Å². The highest BCUT2D eigenvalue weighted by atomic mass is 35.6. The first-order valence-electron chi connectivity index (χ1n) is 8.36. The fourth-order valence-electron chi connectivity index (χ4n) is 3.33. The van der Waals surface area contributed by atoms with E-state index in [-0.39, 0.29) is 18.5 Å². The molecular weight excluding hydrogens is 411 g/mol. The van der Waals surface area contributed by atoms with Crippen LogP contribution in [0.1, 0.15) is 17.0 Å². The van der Waals surface area contributed by atoms with E-state index in [9.17, 15) is 4.79 Å². The molecule has 7 heteroatoms. The van der Waals surface area contributed by atoms with Gasteiger partial charge in [-0.1, -0.05) is 71.2 Å². The molecule has 2 aliphatic heterocycles. The van der Waals surface area contributed by atoms with Crippen molar-refractivity contribution in [3.8, 4) is 11.5 Å². The molecule has 0 unspecified atom stereocenters. The van der Waals surface area contributed by atoms with Crippen LogP contribution in [0, 0.1) is 5.92 Å². The molecule has 0 aromatic heterocycles. The Hall–Kier alpha value is -1.88. The molecule has 140 valence electrons. The largest absolute Gasteiger partial charge is 0.454 e. The average Bonchev–Trinajstić information content (AvgIpc) is 3.11. The number of cyclic esters (lactones) is 1. The zero-order chi connectivity index (χ0) is 19.0. The minimum absolute atomic E-state index is 0.0355. The lowest BCUT2D eigenvalue weighted by molar-refractivity contribution is -0.146. The summed E-state index contributed by atoms with van der Waals surface area (Å²) in [6.45, 7) is 0.201. The number of allylic oxidation sites excluding steroid dienone is 2. The third kappa shape index (κ3) is 3.88. The summed E-state index contributed by atoms with van der Waals surface area (Å²) in [7, 11) is 0. The van der Waals surface area contributed by atoms with E-state index in [1.54, 1.807) is 6.08 Å². The Labute approximate surface area is 171 Å². The molecule has 0 spiro atoms. The van der Waals surface area contributed by atoms with E-state index >= 15 is 0 Å². The highest BCUT2D eigenvalue weighted by Gasteiger charge is 2.41. The van der Waals surface area contributed by atoms with Crippen molar-refractivity contribution in [2.24, 2.45) is 5.92 Å². The first-order valence-corrected chi connectivity index (χ1v) is 9.49. The van der Waals surface area contributed by atoms with Crippen LogP contribution >= 0.6 is 34.8 Å². The lowest BCUT2D eigenvalue weighted by Gasteiger charge is -2.31. The van der Waals surface area contributed by atoms with E-state index in [2.05, 4.69) is 0 Å². The van der Waals surface area contributed by atoms with Gasteiger partial charge in [-0.25, -0.2) is 0 Å². The fraction of sp³-hybridized carbons (Fsp3) is 0.250. The molecule has 0 aliphatic carbocycles. The normalized spacial score (nSPS) is 21.6. The summed E-state index contributed by atoms with van der Waals surface area (Å²) in [6, 6.07) is 15.3. The highest BCUT2D eigenvalue weighted by molar-refractivity contribution is 6.69. The van der Waals surface area contributed by atoms with Gasteiger partial charge in [-0.05, 0) is 35.8 Å². The molecule has 2 atom stereocenters. The van der Waals surface area contributed by atoms with Gasteiger partial charge in [0.1, 0.15) is 0 Å². The van der Waals surface area contributed by atoms with Crippen molar-refractivity contribution < 1.29 is 19.0 Å². The number of hydrogen-bond donors (Lipinski definition) is 0. The average molecular weight is 426 g/mol. The number of hydrogen-bond acceptors (Lipinski definition) is 4. The number of halogens is 3. The smallest absolute Gasteiger partial charge is 0.315 e. The standard InChI is InChI=1S/C20H15Cl3O4/c21-20(22,23)18-10-14(13-4-2-1-3-5-13)15(19(24)27-18)8-12-6-7-16-17(9-12)26-11-25-16/h1-7,9-10,14-15H,8,11H2/t14-,15+/m1/s1. The summed E-state index contributed by atoms with van der Waals surface area (Å²) in [5, 5.41) is 0. The first kappa shape index (κ1) is 18.5. The van der Waals surface area contributed by atoms with Gasteiger partial charge in [-0.15, -0.1) is 0 Å². The Bertz CT molecular complexity index is 890. The molecule has 0 saturated carbocycles. The van der Waals surface area contributed by atoms with E-state index in [0.29, 0.717) is 17.9 Å². The lowest BCUT2D eigenvalue weighted by atomic mass is 9.80. The Balaban J connectivity index is 1.69. The van der Waals surface area contributed by atoms with Crippen LogP contribution in [0.3, 0.4) is 0 Å². The molecule has 27 heavy (non-hydrogen) atoms. The van der Waals surface area contributed by atoms with Crippen LogP contribution in [0.2, 0.25) is 0 Å². The molecule has 0 radical (unpaired) electrons. The Kier molecular flexibility index (Phi) is 4.97. The van der Waals surface area contributed by atoms with Crippen LogP contribution in [0.4, 0.5) is 0 Å². The summed E-state index contributed by atoms with van der Waals surface area (Å²) in [4.78, 5) is 12.8. The summed E-state index contributed by atoms with van der Waals surface area (Å²) in [5.41, 5.74) is 1.89. The maximum atomic E-state index is 12.8. The van der Waals surface area contributed by atoms with Crippen LogP contribution in [0.15, 0.2) is 60.4 Å². The molecule has 0 bridgehead atoms. The fourth-order valence-corrected chi connectivity index (χ4v) is 3.64. The van der Waals surface area contributed by atoms with Gasteiger partial charge >= 0.3 is 5.97 Å². The predicted octanol–water partition coefficient (Wildman–Crippen LogP) is 5.17. The van der Waals surface area contributed by atoms with Crippen LogP contribution in [-0.4, -0.2) is 16.6 Å². The zero-order valence-electron chi connectivity index (χ0n) is 14.0. The third-order valence-electron chi connectivity index (χ3n) is 4.63. The number of ether oxygens (including phenoxy) is 3. The second-order valence-electron chi connectivity index (χ2n) is 6.38. The predicted molar refractivity (Wildman–Crippen MR) is 103 cm³/mol. The molecule has 4 nitrogen and oxygen atoms in total. The molecule has 2 aromatic carbocycles. The van der Waals surface area contributed by atoms with E-state index in [1.165, 1.54) is 0 Å². The van der Waals surface area contributed by atoms with Crippen LogP contribution in [0.25, 0.3) is 0 Å². The van der Waals surface area contributed by atoms with Gasteiger partial charge in [0.25, 0.3) is 0 Å². The van der Waals surface area contributed by atoms with Crippen molar-refractivity contribution in [2.75, 3.05) is 6.79 Å². The van der Waals surface area contributed by atoms with Crippen molar-refractivity contribution in [1.29, 1.82) is 0 Å². The molecule has 2 heterocycles. The second kappa shape index (κ2) is 7.27. The van der Waals surface area contributed by atoms with Gasteiger partial charge in [-0.2, -0.15) is 0 Å². The van der Waals surface area contributed by atoms with E-state index in [4.69, 9.17) is 49.0 Å². The van der Waals surface area contributed by atoms with Gasteiger partial charge in [0.15, 0.2) is 17.3 Å². The molecule has 0 amide bonds. The van der Waals surface area contributed by atoms with Crippen molar-refractivity contribution >= 4 is 40.8 Å². The third-order valence-corrected chi connectivity index (χ3v) is 5.19. The zero-order valence-corrected chi connectivity index (χ0v) is 16.3. The molecule has 0 fully saturated rings. The highest BCUT2D eigenvalue weighted by Crippen LogP contribution is 2.44. The summed E-state index contributed by atoms with van der Waals surface area (Å²) in [5.74, 6) is 0.249. The minimum Gasteiger partial charge on any atom is -0.454 e. The number of esters is 1. The number of rotatable bonds is 3. The summed E-state index contributed by atoms with van der Waals surface area (Å²) < 4.78 is 14.3. The van der Waals surface area contributed by atoms with Crippen molar-refractivity contribution in [3.05, 3.63) is 71.5 Å². The topological polar surface area (TPSA) is 44.8 Å². The number of benzene rings is 2. The second-order valence-corrected chi connectivity index (χ2v) is 8.67. The van der Waals surface area contributed by atoms with Gasteiger partial charge in [0.2, 0.25) is 10.6 Å². The first-order chi connectivity index (χ1) is 12.9. The number of fused-ring (bicyclic) bond motifs is 1. The van der Waals surface area contributed by atoms with E-state index in [0.717, 1.165) is 11.1 Å². The SMILES string of the molecule is O=C1OC(C(Cl)(Cl)Cl)=C[C@H](c2ccccc2)[C@@H]1Cc1ccc2c(c1)OCO2. The number of carbonyl (C=O) groups excluding carboxylic acids is 1. The van der Waals surface area contributed by atoms with Crippen LogP contribution in [0.5, 0.6) is 11.5 Å². The van der Waals surface area contributed by atoms with Crippen molar-refractivity contribution in [1.82, 2.24) is 0 Å². The molecule has 0 saturated heterocycles. The minimum atomic E-state index is -1.80. The van der Waals surface area contributed by atoms with Crippen LogP contribution < -0.4 is 9.47 Å². The lowest BCUT2D eigenvalue weighted by Crippen LogP contribution is -2.32. The molecule has 2 aromatic rings. The monoisotopic (exact) mass is 424 g/mol. The van der Waals surface area contributed by atoms with Gasteiger partial charge in [0, 0.05) is 5.92 Å². The number of carbonyl (C=O) groups is 1. The maximum Gasteiger partial charge on any atom is 0.315 e. The molecule has 2 aliphatic rings. The van der Waals surface area contributed by atoms with Crippen LogP contribution in [-0.2, 0) is 16.0 Å². The van der Waals surface area contributed by atoms with Crippen molar-refractivity contribution in [3.63, 3.8) is 0 Å². The van der Waals surface area contributed by atoms with E-state index in [1.807, 2.05) is 48.5 Å². The Morgan fingerprint density at radius 1 is 1.00 bits per heavy atom. The molecule has 0 N–H and O–H groups in total. The van der Waals surface area contributed by atoms with Crippen molar-refractivity contribution in [2.45, 2.75) is 16.1 Å². The Morgan fingerprint density at radius 2 is 1.74 bits per heavy atom. The number of alkyl halides is 3. The quantitative estimate of drug-likeness (QED) is 0.503. The van der Waals surface area contributed by atoms with Gasteiger partial charge < -0.3 is 14.2 Å². The van der Waals surface area contributed by atoms with E-state index < -0.39 is 15.7 Å². The Morgan fingerprint density at radius 3 is 2.48 bits per heavy atom. The summed E-state index contributed by atoms with van der Waals surface area (Å²) >= 11 is 17.9. The molecule has 4 rings (SSSR count). The summed E-state index contributed by atoms with van der Waals surface area (Å²) in [6.07, 6.45) is 2.18.